The highest BCUT2D eigenvalue weighted by Gasteiger charge is 2.14. The molecule has 0 spiro atoms. The molecule has 0 amide bonds. The molecule has 130 valence electrons. The number of thiophene rings is 1. The fraction of sp³-hybridized carbons (Fsp3) is 0.316. The second-order valence-corrected chi connectivity index (χ2v) is 6.62. The summed E-state index contributed by atoms with van der Waals surface area (Å²) in [4.78, 5) is 2.62. The van der Waals surface area contributed by atoms with E-state index < -0.39 is 0 Å². The van der Waals surface area contributed by atoms with Crippen LogP contribution in [-0.2, 0) is 0 Å². The Kier molecular flexibility index (Phi) is 6.44. The first-order valence-corrected chi connectivity index (χ1v) is 8.95. The van der Waals surface area contributed by atoms with Crippen molar-refractivity contribution in [1.82, 2.24) is 0 Å². The minimum atomic E-state index is 0.401. The van der Waals surface area contributed by atoms with E-state index in [0.717, 1.165) is 17.8 Å². The first-order chi connectivity index (χ1) is 12.5. The molecule has 7 heteroatoms. The first-order valence-electron chi connectivity index (χ1n) is 8.13. The zero-order chi connectivity index (χ0) is 19.1. The largest absolute Gasteiger partial charge is 0.371 e. The van der Waals surface area contributed by atoms with Gasteiger partial charge in [0.15, 0.2) is 5.00 Å². The molecule has 0 aliphatic carbocycles. The number of hydrogen-bond acceptors (Lipinski definition) is 7. The minimum Gasteiger partial charge on any atom is -0.371 e. The Morgan fingerprint density at radius 2 is 1.88 bits per heavy atom. The van der Waals surface area contributed by atoms with Gasteiger partial charge >= 0.3 is 0 Å². The molecule has 0 atom stereocenters. The number of hydrogen-bond donors (Lipinski definition) is 0. The fourth-order valence-corrected chi connectivity index (χ4v) is 3.39. The van der Waals surface area contributed by atoms with E-state index >= 15 is 0 Å². The number of nitrogens with zero attached hydrogens (tertiary/aromatic N) is 6. The van der Waals surface area contributed by atoms with E-state index in [1.165, 1.54) is 11.3 Å². The van der Waals surface area contributed by atoms with Crippen molar-refractivity contribution in [3.63, 3.8) is 0 Å². The third-order valence-corrected chi connectivity index (χ3v) is 5.09. The molecular formula is C19H18N6S. The van der Waals surface area contributed by atoms with Crippen LogP contribution < -0.4 is 4.90 Å². The van der Waals surface area contributed by atoms with E-state index in [2.05, 4.69) is 40.3 Å². The summed E-state index contributed by atoms with van der Waals surface area (Å²) >= 11 is 1.17. The van der Waals surface area contributed by atoms with Gasteiger partial charge in [-0.1, -0.05) is 0 Å². The molecule has 0 unspecified atom stereocenters. The quantitative estimate of drug-likeness (QED) is 0.654. The molecule has 2 aromatic rings. The van der Waals surface area contributed by atoms with Crippen LogP contribution in [0.3, 0.4) is 0 Å². The molecule has 0 aliphatic heterocycles. The molecule has 0 fully saturated rings. The molecule has 1 aromatic carbocycles. The SMILES string of the molecule is CCN(CCC#N)c1ccc(N=Nc2sc(C#N)c(C)c2C#N)c(C)c1. The summed E-state index contributed by atoms with van der Waals surface area (Å²) in [6.45, 7) is 7.24. The highest BCUT2D eigenvalue weighted by atomic mass is 32.1. The molecule has 26 heavy (non-hydrogen) atoms. The van der Waals surface area contributed by atoms with Gasteiger partial charge < -0.3 is 4.90 Å². The predicted molar refractivity (Wildman–Crippen MR) is 102 cm³/mol. The van der Waals surface area contributed by atoms with Crippen molar-refractivity contribution >= 4 is 27.7 Å². The van der Waals surface area contributed by atoms with E-state index in [-0.39, 0.29) is 0 Å². The van der Waals surface area contributed by atoms with Crippen LogP contribution in [0.5, 0.6) is 0 Å². The van der Waals surface area contributed by atoms with Crippen LogP contribution in [-0.4, -0.2) is 13.1 Å². The molecule has 2 rings (SSSR count). The number of aryl methyl sites for hydroxylation is 1. The van der Waals surface area contributed by atoms with Crippen LogP contribution >= 0.6 is 11.3 Å². The number of azo groups is 1. The van der Waals surface area contributed by atoms with Gasteiger partial charge in [-0.05, 0) is 50.1 Å². The zero-order valence-electron chi connectivity index (χ0n) is 14.9. The Hall–Kier alpha value is -3.21. The number of benzene rings is 1. The number of anilines is 1. The summed E-state index contributed by atoms with van der Waals surface area (Å²) in [6.07, 6.45) is 0.476. The van der Waals surface area contributed by atoms with Gasteiger partial charge in [0.2, 0.25) is 0 Å². The van der Waals surface area contributed by atoms with E-state index in [9.17, 15) is 5.26 Å². The summed E-state index contributed by atoms with van der Waals surface area (Å²) in [6, 6.07) is 12.2. The summed E-state index contributed by atoms with van der Waals surface area (Å²) in [5, 5.41) is 36.1. The Bertz CT molecular complexity index is 952. The van der Waals surface area contributed by atoms with Gasteiger partial charge in [0.1, 0.15) is 17.0 Å². The molecule has 0 radical (unpaired) electrons. The zero-order valence-corrected chi connectivity index (χ0v) is 15.8. The molecule has 0 N–H and O–H groups in total. The number of rotatable bonds is 6. The smallest absolute Gasteiger partial charge is 0.158 e. The third kappa shape index (κ3) is 4.06. The van der Waals surface area contributed by atoms with E-state index in [1.54, 1.807) is 6.92 Å². The second kappa shape index (κ2) is 8.76. The van der Waals surface area contributed by atoms with Crippen molar-refractivity contribution in [2.75, 3.05) is 18.0 Å². The average molecular weight is 362 g/mol. The monoisotopic (exact) mass is 362 g/mol. The lowest BCUT2D eigenvalue weighted by Crippen LogP contribution is -2.23. The fourth-order valence-electron chi connectivity index (χ4n) is 2.51. The predicted octanol–water partition coefficient (Wildman–Crippen LogP) is 5.26. The van der Waals surface area contributed by atoms with Crippen molar-refractivity contribution in [1.29, 1.82) is 15.8 Å². The molecule has 0 saturated heterocycles. The highest BCUT2D eigenvalue weighted by molar-refractivity contribution is 7.16. The molecule has 0 saturated carbocycles. The van der Waals surface area contributed by atoms with Crippen LogP contribution in [0.1, 0.15) is 34.9 Å². The van der Waals surface area contributed by atoms with Crippen molar-refractivity contribution in [3.8, 4) is 18.2 Å². The third-order valence-electron chi connectivity index (χ3n) is 4.01. The van der Waals surface area contributed by atoms with Gasteiger partial charge in [-0.3, -0.25) is 0 Å². The van der Waals surface area contributed by atoms with Crippen molar-refractivity contribution < 1.29 is 0 Å². The lowest BCUT2D eigenvalue weighted by Gasteiger charge is -2.22. The Morgan fingerprint density at radius 1 is 1.12 bits per heavy atom. The minimum absolute atomic E-state index is 0.401. The van der Waals surface area contributed by atoms with E-state index in [0.29, 0.717) is 39.7 Å². The molecule has 1 heterocycles. The average Bonchev–Trinajstić information content (AvgIpc) is 2.96. The maximum atomic E-state index is 9.27. The summed E-state index contributed by atoms with van der Waals surface area (Å²) in [5.41, 5.74) is 3.75. The maximum Gasteiger partial charge on any atom is 0.158 e. The van der Waals surface area contributed by atoms with Crippen molar-refractivity contribution in [2.45, 2.75) is 27.2 Å². The van der Waals surface area contributed by atoms with Crippen molar-refractivity contribution in [2.24, 2.45) is 10.2 Å². The normalized spacial score (nSPS) is 10.3. The first kappa shape index (κ1) is 19.1. The van der Waals surface area contributed by atoms with Gasteiger partial charge in [-0.15, -0.1) is 21.6 Å². The van der Waals surface area contributed by atoms with Crippen LogP contribution in [0.15, 0.2) is 28.4 Å². The van der Waals surface area contributed by atoms with E-state index in [4.69, 9.17) is 10.5 Å². The van der Waals surface area contributed by atoms with Gasteiger partial charge in [0, 0.05) is 18.8 Å². The summed E-state index contributed by atoms with van der Waals surface area (Å²) in [7, 11) is 0. The van der Waals surface area contributed by atoms with Crippen LogP contribution in [0.4, 0.5) is 16.4 Å². The second-order valence-electron chi connectivity index (χ2n) is 5.62. The molecule has 1 aromatic heterocycles. The van der Waals surface area contributed by atoms with Gasteiger partial charge in [0.25, 0.3) is 0 Å². The van der Waals surface area contributed by atoms with Gasteiger partial charge in [0.05, 0.1) is 23.7 Å². The molecule has 0 bridgehead atoms. The van der Waals surface area contributed by atoms with Crippen LogP contribution in [0.25, 0.3) is 0 Å². The molecular weight excluding hydrogens is 344 g/mol. The molecule has 0 aliphatic rings. The standard InChI is InChI=1S/C19H18N6S/c1-4-25(9-5-8-20)15-6-7-17(13(2)10-15)23-24-19-16(11-21)14(3)18(12-22)26-19/h6-7,10H,4-5,9H2,1-3H3. The van der Waals surface area contributed by atoms with Crippen molar-refractivity contribution in [3.05, 3.63) is 39.8 Å². The van der Waals surface area contributed by atoms with Crippen LogP contribution in [0.2, 0.25) is 0 Å². The maximum absolute atomic E-state index is 9.27. The van der Waals surface area contributed by atoms with E-state index in [1.807, 2.05) is 25.1 Å². The molecule has 6 nitrogen and oxygen atoms in total. The Balaban J connectivity index is 2.29. The topological polar surface area (TPSA) is 99.3 Å². The lowest BCUT2D eigenvalue weighted by atomic mass is 10.1. The van der Waals surface area contributed by atoms with Gasteiger partial charge in [-0.2, -0.15) is 15.8 Å². The van der Waals surface area contributed by atoms with Crippen LogP contribution in [0, 0.1) is 47.8 Å². The number of nitriles is 3. The summed E-state index contributed by atoms with van der Waals surface area (Å²) in [5.74, 6) is 0. The Labute approximate surface area is 157 Å². The van der Waals surface area contributed by atoms with Gasteiger partial charge in [-0.25, -0.2) is 0 Å². The lowest BCUT2D eigenvalue weighted by molar-refractivity contribution is 0.826. The Morgan fingerprint density at radius 3 is 2.46 bits per heavy atom. The summed E-state index contributed by atoms with van der Waals surface area (Å²) < 4.78 is 0. The highest BCUT2D eigenvalue weighted by Crippen LogP contribution is 2.36.